The zero-order valence-corrected chi connectivity index (χ0v) is 11.8. The van der Waals surface area contributed by atoms with Gasteiger partial charge in [0.1, 0.15) is 5.75 Å². The molecule has 0 spiro atoms. The van der Waals surface area contributed by atoms with E-state index in [1.165, 1.54) is 12.0 Å². The number of ether oxygens (including phenoxy) is 1. The third-order valence-electron chi connectivity index (χ3n) is 4.17. The van der Waals surface area contributed by atoms with Crippen LogP contribution in [0.15, 0.2) is 24.3 Å². The maximum Gasteiger partial charge on any atom is 0.119 e. The van der Waals surface area contributed by atoms with Crippen molar-refractivity contribution in [1.29, 1.82) is 0 Å². The largest absolute Gasteiger partial charge is 0.493 e. The van der Waals surface area contributed by atoms with Crippen LogP contribution in [0.25, 0.3) is 0 Å². The summed E-state index contributed by atoms with van der Waals surface area (Å²) in [5.41, 5.74) is 1.65. The van der Waals surface area contributed by atoms with E-state index in [0.717, 1.165) is 31.9 Å². The lowest BCUT2D eigenvalue weighted by molar-refractivity contribution is 0.260. The van der Waals surface area contributed by atoms with Crippen molar-refractivity contribution >= 4 is 0 Å². The lowest BCUT2D eigenvalue weighted by Crippen LogP contribution is -2.16. The lowest BCUT2D eigenvalue weighted by Gasteiger charge is -2.23. The monoisotopic (exact) mass is 247 g/mol. The average Bonchev–Trinajstić information content (AvgIpc) is 2.90. The van der Waals surface area contributed by atoms with Gasteiger partial charge in [0.15, 0.2) is 0 Å². The van der Waals surface area contributed by atoms with Crippen molar-refractivity contribution in [3.8, 4) is 5.75 Å². The fraction of sp³-hybridized carbons (Fsp3) is 0.625. The van der Waals surface area contributed by atoms with E-state index >= 15 is 0 Å². The molecule has 1 aliphatic heterocycles. The van der Waals surface area contributed by atoms with Crippen LogP contribution < -0.4 is 10.1 Å². The predicted molar refractivity (Wildman–Crippen MR) is 76.2 cm³/mol. The summed E-state index contributed by atoms with van der Waals surface area (Å²) in [7, 11) is 0. The van der Waals surface area contributed by atoms with Crippen molar-refractivity contribution in [2.45, 2.75) is 39.0 Å². The first-order valence-corrected chi connectivity index (χ1v) is 7.06. The highest BCUT2D eigenvalue weighted by molar-refractivity contribution is 5.31. The molecular formula is C16H25NO. The van der Waals surface area contributed by atoms with Gasteiger partial charge in [-0.3, -0.25) is 0 Å². The van der Waals surface area contributed by atoms with Gasteiger partial charge < -0.3 is 10.1 Å². The Morgan fingerprint density at radius 2 is 2.00 bits per heavy atom. The fourth-order valence-corrected chi connectivity index (χ4v) is 2.28. The van der Waals surface area contributed by atoms with Crippen LogP contribution in [0.1, 0.15) is 39.2 Å². The Morgan fingerprint density at radius 3 is 2.56 bits per heavy atom. The third-order valence-corrected chi connectivity index (χ3v) is 4.17. The molecule has 1 aromatic carbocycles. The number of benzene rings is 1. The Hall–Kier alpha value is -1.02. The van der Waals surface area contributed by atoms with E-state index in [-0.39, 0.29) is 5.41 Å². The second kappa shape index (κ2) is 5.75. The van der Waals surface area contributed by atoms with E-state index in [9.17, 15) is 0 Å². The fourth-order valence-electron chi connectivity index (χ4n) is 2.28. The van der Waals surface area contributed by atoms with Crippen LogP contribution in [0.5, 0.6) is 5.75 Å². The highest BCUT2D eigenvalue weighted by Crippen LogP contribution is 2.28. The number of hydrogen-bond acceptors (Lipinski definition) is 2. The summed E-state index contributed by atoms with van der Waals surface area (Å²) < 4.78 is 5.85. The van der Waals surface area contributed by atoms with Gasteiger partial charge in [-0.2, -0.15) is 0 Å². The summed E-state index contributed by atoms with van der Waals surface area (Å²) >= 11 is 0. The molecular weight excluding hydrogens is 222 g/mol. The van der Waals surface area contributed by atoms with Crippen LogP contribution in [0.4, 0.5) is 0 Å². The zero-order chi connectivity index (χ0) is 13.0. The van der Waals surface area contributed by atoms with Crippen molar-refractivity contribution in [2.24, 2.45) is 5.92 Å². The molecule has 2 heteroatoms. The summed E-state index contributed by atoms with van der Waals surface area (Å²) in [6.07, 6.45) is 2.39. The minimum atomic E-state index is 0.258. The Labute approximate surface area is 111 Å². The van der Waals surface area contributed by atoms with E-state index in [1.54, 1.807) is 0 Å². The minimum Gasteiger partial charge on any atom is -0.493 e. The molecule has 1 saturated heterocycles. The molecule has 0 saturated carbocycles. The van der Waals surface area contributed by atoms with Gasteiger partial charge in [-0.25, -0.2) is 0 Å². The molecule has 0 radical (unpaired) electrons. The van der Waals surface area contributed by atoms with E-state index in [4.69, 9.17) is 4.74 Å². The topological polar surface area (TPSA) is 21.3 Å². The molecule has 1 aromatic rings. The van der Waals surface area contributed by atoms with E-state index in [1.807, 2.05) is 0 Å². The number of rotatable bonds is 5. The highest BCUT2D eigenvalue weighted by Gasteiger charge is 2.18. The standard InChI is InChI=1S/C16H25NO/c1-4-16(2,3)14-5-7-15(8-6-14)18-12-13-9-10-17-11-13/h5-8,13,17H,4,9-12H2,1-3H3. The SMILES string of the molecule is CCC(C)(C)c1ccc(OCC2CCNC2)cc1. The summed E-state index contributed by atoms with van der Waals surface area (Å²) in [6, 6.07) is 8.61. The molecule has 0 aromatic heterocycles. The first-order chi connectivity index (χ1) is 8.62. The van der Waals surface area contributed by atoms with Crippen molar-refractivity contribution in [1.82, 2.24) is 5.32 Å². The molecule has 1 fully saturated rings. The molecule has 100 valence electrons. The van der Waals surface area contributed by atoms with Gasteiger partial charge in [-0.05, 0) is 42.5 Å². The highest BCUT2D eigenvalue weighted by atomic mass is 16.5. The van der Waals surface area contributed by atoms with Gasteiger partial charge in [0.05, 0.1) is 6.61 Å². The van der Waals surface area contributed by atoms with E-state index in [2.05, 4.69) is 50.4 Å². The first-order valence-electron chi connectivity index (χ1n) is 7.06. The molecule has 18 heavy (non-hydrogen) atoms. The van der Waals surface area contributed by atoms with E-state index < -0.39 is 0 Å². The van der Waals surface area contributed by atoms with E-state index in [0.29, 0.717) is 5.92 Å². The molecule has 0 bridgehead atoms. The van der Waals surface area contributed by atoms with Gasteiger partial charge in [-0.1, -0.05) is 32.9 Å². The first kappa shape index (κ1) is 13.4. The van der Waals surface area contributed by atoms with Crippen molar-refractivity contribution in [3.05, 3.63) is 29.8 Å². The van der Waals surface area contributed by atoms with Crippen LogP contribution >= 0.6 is 0 Å². The second-order valence-electron chi connectivity index (χ2n) is 5.93. The minimum absolute atomic E-state index is 0.258. The quantitative estimate of drug-likeness (QED) is 0.861. The molecule has 1 heterocycles. The Balaban J connectivity index is 1.91. The van der Waals surface area contributed by atoms with Crippen LogP contribution in [-0.4, -0.2) is 19.7 Å². The molecule has 2 nitrogen and oxygen atoms in total. The van der Waals surface area contributed by atoms with Crippen molar-refractivity contribution < 1.29 is 4.74 Å². The van der Waals surface area contributed by atoms with Gasteiger partial charge in [0, 0.05) is 12.5 Å². The zero-order valence-electron chi connectivity index (χ0n) is 11.8. The van der Waals surface area contributed by atoms with Crippen molar-refractivity contribution in [2.75, 3.05) is 19.7 Å². The maximum atomic E-state index is 5.85. The number of nitrogens with one attached hydrogen (secondary N) is 1. The van der Waals surface area contributed by atoms with Gasteiger partial charge in [-0.15, -0.1) is 0 Å². The smallest absolute Gasteiger partial charge is 0.119 e. The Morgan fingerprint density at radius 1 is 1.28 bits per heavy atom. The molecule has 1 N–H and O–H groups in total. The van der Waals surface area contributed by atoms with Crippen LogP contribution in [-0.2, 0) is 5.41 Å². The predicted octanol–water partition coefficient (Wildman–Crippen LogP) is 3.36. The molecule has 2 rings (SSSR count). The Bertz CT molecular complexity index is 363. The summed E-state index contributed by atoms with van der Waals surface area (Å²) in [5.74, 6) is 1.68. The molecule has 1 atom stereocenters. The molecule has 1 unspecified atom stereocenters. The third kappa shape index (κ3) is 3.26. The summed E-state index contributed by atoms with van der Waals surface area (Å²) in [4.78, 5) is 0. The molecule has 0 aliphatic carbocycles. The Kier molecular flexibility index (Phi) is 4.28. The second-order valence-corrected chi connectivity index (χ2v) is 5.93. The maximum absolute atomic E-state index is 5.85. The van der Waals surface area contributed by atoms with Gasteiger partial charge >= 0.3 is 0 Å². The van der Waals surface area contributed by atoms with Crippen LogP contribution in [0.2, 0.25) is 0 Å². The average molecular weight is 247 g/mol. The molecule has 1 aliphatic rings. The van der Waals surface area contributed by atoms with Crippen molar-refractivity contribution in [3.63, 3.8) is 0 Å². The van der Waals surface area contributed by atoms with Crippen LogP contribution in [0, 0.1) is 5.92 Å². The summed E-state index contributed by atoms with van der Waals surface area (Å²) in [6.45, 7) is 9.87. The number of hydrogen-bond donors (Lipinski definition) is 1. The lowest BCUT2D eigenvalue weighted by atomic mass is 9.82. The van der Waals surface area contributed by atoms with Crippen LogP contribution in [0.3, 0.4) is 0 Å². The summed E-state index contributed by atoms with van der Waals surface area (Å²) in [5, 5.41) is 3.37. The normalized spacial score (nSPS) is 20.1. The van der Waals surface area contributed by atoms with Gasteiger partial charge in [0.2, 0.25) is 0 Å². The molecule has 0 amide bonds. The van der Waals surface area contributed by atoms with Gasteiger partial charge in [0.25, 0.3) is 0 Å².